The molecule has 0 spiro atoms. The summed E-state index contributed by atoms with van der Waals surface area (Å²) in [7, 11) is 3.56. The van der Waals surface area contributed by atoms with E-state index in [-0.39, 0.29) is 12.5 Å². The highest BCUT2D eigenvalue weighted by Crippen LogP contribution is 2.25. The van der Waals surface area contributed by atoms with Crippen LogP contribution in [0.2, 0.25) is 0 Å². The fraction of sp³-hybridized carbons (Fsp3) is 0.700. The Balaban J connectivity index is 1.55. The highest BCUT2D eigenvalue weighted by molar-refractivity contribution is 7.14. The van der Waals surface area contributed by atoms with Gasteiger partial charge in [0.15, 0.2) is 5.96 Å². The van der Waals surface area contributed by atoms with Crippen LogP contribution in [0, 0.1) is 0 Å². The Morgan fingerprint density at radius 2 is 1.81 bits per heavy atom. The highest BCUT2D eigenvalue weighted by atomic mass is 32.1. The van der Waals surface area contributed by atoms with Crippen LogP contribution in [0.1, 0.15) is 44.9 Å². The molecule has 1 amide bonds. The normalized spacial score (nSPS) is 19.8. The van der Waals surface area contributed by atoms with E-state index in [0.29, 0.717) is 12.1 Å². The summed E-state index contributed by atoms with van der Waals surface area (Å²) in [4.78, 5) is 20.6. The van der Waals surface area contributed by atoms with Gasteiger partial charge in [-0.3, -0.25) is 4.79 Å². The predicted molar refractivity (Wildman–Crippen MR) is 114 cm³/mol. The molecule has 2 heterocycles. The number of anilines is 1. The molecule has 7 heteroatoms. The minimum atomic E-state index is 0.0345. The summed E-state index contributed by atoms with van der Waals surface area (Å²) in [5.74, 6) is 0.846. The monoisotopic (exact) mass is 391 g/mol. The molecule has 2 N–H and O–H groups in total. The minimum Gasteiger partial charge on any atom is -0.363 e. The average molecular weight is 392 g/mol. The van der Waals surface area contributed by atoms with Crippen molar-refractivity contribution >= 4 is 28.2 Å². The number of rotatable bonds is 5. The van der Waals surface area contributed by atoms with Gasteiger partial charge in [0.05, 0.1) is 5.00 Å². The maximum atomic E-state index is 12.0. The molecule has 3 rings (SSSR count). The molecule has 0 unspecified atom stereocenters. The minimum absolute atomic E-state index is 0.0345. The lowest BCUT2D eigenvalue weighted by atomic mass is 9.95. The Morgan fingerprint density at radius 3 is 2.41 bits per heavy atom. The first-order valence-electron chi connectivity index (χ1n) is 10.2. The molecule has 1 aromatic heterocycles. The van der Waals surface area contributed by atoms with Crippen molar-refractivity contribution in [3.05, 3.63) is 17.5 Å². The van der Waals surface area contributed by atoms with E-state index in [0.717, 1.165) is 31.9 Å². The molecule has 6 nitrogen and oxygen atoms in total. The van der Waals surface area contributed by atoms with Gasteiger partial charge in [-0.1, -0.05) is 19.3 Å². The zero-order valence-corrected chi connectivity index (χ0v) is 17.4. The van der Waals surface area contributed by atoms with E-state index in [2.05, 4.69) is 38.0 Å². The predicted octanol–water partition coefficient (Wildman–Crippen LogP) is 2.67. The number of likely N-dealkylation sites (N-methyl/N-ethyl adjacent to an activating group) is 1. The summed E-state index contributed by atoms with van der Waals surface area (Å²) < 4.78 is 0. The van der Waals surface area contributed by atoms with Crippen LogP contribution in [-0.4, -0.2) is 62.6 Å². The van der Waals surface area contributed by atoms with E-state index in [4.69, 9.17) is 0 Å². The number of carbonyl (C=O) groups is 1. The number of piperidine rings is 1. The van der Waals surface area contributed by atoms with Gasteiger partial charge in [-0.05, 0) is 43.2 Å². The van der Waals surface area contributed by atoms with Crippen molar-refractivity contribution in [1.29, 1.82) is 0 Å². The molecule has 0 aromatic carbocycles. The third kappa shape index (κ3) is 6.13. The van der Waals surface area contributed by atoms with Gasteiger partial charge in [0, 0.05) is 39.3 Å². The maximum Gasteiger partial charge on any atom is 0.243 e. The second-order valence-electron chi connectivity index (χ2n) is 7.79. The molecule has 2 fully saturated rings. The Kier molecular flexibility index (Phi) is 7.38. The molecule has 2 aliphatic rings. The number of nitrogens with one attached hydrogen (secondary N) is 2. The van der Waals surface area contributed by atoms with Gasteiger partial charge in [-0.2, -0.15) is 0 Å². The molecule has 1 saturated carbocycles. The van der Waals surface area contributed by atoms with Gasteiger partial charge in [0.25, 0.3) is 0 Å². The number of hydrogen-bond donors (Lipinski definition) is 2. The zero-order chi connectivity index (χ0) is 19.1. The molecule has 0 radical (unpaired) electrons. The summed E-state index contributed by atoms with van der Waals surface area (Å²) in [6.45, 7) is 2.32. The Labute approximate surface area is 167 Å². The van der Waals surface area contributed by atoms with Crippen LogP contribution < -0.4 is 15.5 Å². The molecule has 0 bridgehead atoms. The topological polar surface area (TPSA) is 60.0 Å². The van der Waals surface area contributed by atoms with E-state index >= 15 is 0 Å². The third-order valence-electron chi connectivity index (χ3n) is 5.47. The lowest BCUT2D eigenvalue weighted by Crippen LogP contribution is -2.51. The number of aliphatic imine (C=N–C) groups is 1. The fourth-order valence-electron chi connectivity index (χ4n) is 3.75. The molecular formula is C20H33N5OS. The number of amides is 1. The van der Waals surface area contributed by atoms with Gasteiger partial charge in [-0.25, -0.2) is 4.99 Å². The van der Waals surface area contributed by atoms with Crippen molar-refractivity contribution in [2.75, 3.05) is 38.6 Å². The Bertz CT molecular complexity index is 602. The van der Waals surface area contributed by atoms with Crippen molar-refractivity contribution in [3.63, 3.8) is 0 Å². The van der Waals surface area contributed by atoms with Crippen molar-refractivity contribution in [2.45, 2.75) is 57.0 Å². The van der Waals surface area contributed by atoms with Crippen LogP contribution >= 0.6 is 11.3 Å². The smallest absolute Gasteiger partial charge is 0.243 e. The fourth-order valence-corrected chi connectivity index (χ4v) is 4.53. The Morgan fingerprint density at radius 1 is 1.15 bits per heavy atom. The first kappa shape index (κ1) is 20.0. The molecule has 0 atom stereocenters. The molecule has 150 valence electrons. The van der Waals surface area contributed by atoms with Crippen LogP contribution in [0.4, 0.5) is 5.00 Å². The quantitative estimate of drug-likeness (QED) is 0.598. The van der Waals surface area contributed by atoms with E-state index in [1.807, 2.05) is 11.3 Å². The number of hydrogen-bond acceptors (Lipinski definition) is 4. The molecule has 1 aromatic rings. The first-order valence-corrected chi connectivity index (χ1v) is 11.1. The van der Waals surface area contributed by atoms with Crippen molar-refractivity contribution in [1.82, 2.24) is 15.5 Å². The van der Waals surface area contributed by atoms with Gasteiger partial charge in [-0.15, -0.1) is 11.3 Å². The number of nitrogens with zero attached hydrogens (tertiary/aromatic N) is 3. The number of guanidine groups is 1. The molecule has 1 aliphatic carbocycles. The summed E-state index contributed by atoms with van der Waals surface area (Å²) in [6, 6.07) is 5.20. The summed E-state index contributed by atoms with van der Waals surface area (Å²) in [5, 5.41) is 10.7. The van der Waals surface area contributed by atoms with E-state index in [9.17, 15) is 4.79 Å². The second kappa shape index (κ2) is 9.97. The number of thiophene rings is 1. The van der Waals surface area contributed by atoms with Gasteiger partial charge in [0.1, 0.15) is 6.54 Å². The van der Waals surface area contributed by atoms with Gasteiger partial charge < -0.3 is 20.4 Å². The summed E-state index contributed by atoms with van der Waals surface area (Å²) >= 11 is 1.81. The molecule has 27 heavy (non-hydrogen) atoms. The van der Waals surface area contributed by atoms with Gasteiger partial charge in [0.2, 0.25) is 5.91 Å². The summed E-state index contributed by atoms with van der Waals surface area (Å²) in [6.07, 6.45) is 8.45. The van der Waals surface area contributed by atoms with Crippen LogP contribution in [0.25, 0.3) is 0 Å². The van der Waals surface area contributed by atoms with Crippen molar-refractivity contribution in [2.24, 2.45) is 4.99 Å². The highest BCUT2D eigenvalue weighted by Gasteiger charge is 2.22. The summed E-state index contributed by atoms with van der Waals surface area (Å²) in [5.41, 5.74) is 0. The Hall–Kier alpha value is -1.76. The first-order chi connectivity index (χ1) is 13.1. The maximum absolute atomic E-state index is 12.0. The third-order valence-corrected chi connectivity index (χ3v) is 6.40. The zero-order valence-electron chi connectivity index (χ0n) is 16.6. The van der Waals surface area contributed by atoms with Crippen LogP contribution in [0.15, 0.2) is 22.5 Å². The van der Waals surface area contributed by atoms with Crippen molar-refractivity contribution in [3.8, 4) is 0 Å². The number of carbonyl (C=O) groups excluding carboxylic acids is 1. The standard InChI is InChI=1S/C20H33N5OS/c1-24(2)18(26)15-21-20(22-16-7-4-3-5-8-16)23-17-10-12-25(13-11-17)19-9-6-14-27-19/h6,9,14,16-17H,3-5,7-8,10-13,15H2,1-2H3,(H2,21,22,23). The largest absolute Gasteiger partial charge is 0.363 e. The lowest BCUT2D eigenvalue weighted by Gasteiger charge is -2.34. The average Bonchev–Trinajstić information content (AvgIpc) is 3.22. The van der Waals surface area contributed by atoms with E-state index in [1.54, 1.807) is 19.0 Å². The van der Waals surface area contributed by atoms with E-state index in [1.165, 1.54) is 37.1 Å². The van der Waals surface area contributed by atoms with Gasteiger partial charge >= 0.3 is 0 Å². The SMILES string of the molecule is CN(C)C(=O)CN=C(NC1CCCCC1)NC1CCN(c2cccs2)CC1. The lowest BCUT2D eigenvalue weighted by molar-refractivity contribution is -0.127. The van der Waals surface area contributed by atoms with E-state index < -0.39 is 0 Å². The molecule has 1 saturated heterocycles. The molecular weight excluding hydrogens is 358 g/mol. The van der Waals surface area contributed by atoms with Crippen LogP contribution in [-0.2, 0) is 4.79 Å². The van der Waals surface area contributed by atoms with Crippen molar-refractivity contribution < 1.29 is 4.79 Å². The molecule has 1 aliphatic heterocycles. The second-order valence-corrected chi connectivity index (χ2v) is 8.72. The van der Waals surface area contributed by atoms with Crippen LogP contribution in [0.5, 0.6) is 0 Å². The van der Waals surface area contributed by atoms with Crippen LogP contribution in [0.3, 0.4) is 0 Å².